The molecule has 0 bridgehead atoms. The Morgan fingerprint density at radius 3 is 2.61 bits per heavy atom. The molecule has 1 aromatic heterocycles. The lowest BCUT2D eigenvalue weighted by Gasteiger charge is -2.11. The molecule has 2 rings (SSSR count). The Morgan fingerprint density at radius 1 is 1.00 bits per heavy atom. The zero-order valence-electron chi connectivity index (χ0n) is 10.9. The number of rotatable bonds is 6. The van der Waals surface area contributed by atoms with E-state index in [-0.39, 0.29) is 0 Å². The number of benzene rings is 1. The van der Waals surface area contributed by atoms with E-state index in [2.05, 4.69) is 41.5 Å². The standard InChI is InChI=1S/C16H20N2/c1-2-3-7-12-17-15-10-5-4-9-14(15)16-11-6-8-13-18-16/h4-6,8-11,13,17H,2-3,7,12H2,1H3. The summed E-state index contributed by atoms with van der Waals surface area (Å²) in [7, 11) is 0. The number of nitrogens with one attached hydrogen (secondary N) is 1. The van der Waals surface area contributed by atoms with Gasteiger partial charge in [0.1, 0.15) is 0 Å². The van der Waals surface area contributed by atoms with Crippen LogP contribution in [0.1, 0.15) is 26.2 Å². The van der Waals surface area contributed by atoms with Crippen molar-refractivity contribution >= 4 is 5.69 Å². The molecule has 0 amide bonds. The molecule has 0 saturated heterocycles. The molecule has 18 heavy (non-hydrogen) atoms. The van der Waals surface area contributed by atoms with Crippen molar-refractivity contribution < 1.29 is 0 Å². The molecule has 2 nitrogen and oxygen atoms in total. The molecule has 0 fully saturated rings. The fourth-order valence-electron chi connectivity index (χ4n) is 1.98. The van der Waals surface area contributed by atoms with Gasteiger partial charge in [-0.05, 0) is 24.6 Å². The van der Waals surface area contributed by atoms with E-state index in [4.69, 9.17) is 0 Å². The molecular formula is C16H20N2. The van der Waals surface area contributed by atoms with Crippen LogP contribution in [0, 0.1) is 0 Å². The largest absolute Gasteiger partial charge is 0.384 e. The molecule has 0 spiro atoms. The van der Waals surface area contributed by atoms with Crippen LogP contribution in [0.25, 0.3) is 11.3 Å². The van der Waals surface area contributed by atoms with Gasteiger partial charge in [-0.3, -0.25) is 4.98 Å². The van der Waals surface area contributed by atoms with E-state index in [1.165, 1.54) is 30.5 Å². The van der Waals surface area contributed by atoms with Gasteiger partial charge in [0, 0.05) is 24.0 Å². The van der Waals surface area contributed by atoms with Gasteiger partial charge in [0.2, 0.25) is 0 Å². The van der Waals surface area contributed by atoms with Crippen LogP contribution in [0.5, 0.6) is 0 Å². The Bertz CT molecular complexity index is 466. The van der Waals surface area contributed by atoms with Gasteiger partial charge in [-0.15, -0.1) is 0 Å². The maximum atomic E-state index is 4.41. The van der Waals surface area contributed by atoms with Crippen LogP contribution in [-0.4, -0.2) is 11.5 Å². The second-order valence-electron chi connectivity index (χ2n) is 4.39. The first kappa shape index (κ1) is 12.6. The zero-order chi connectivity index (χ0) is 12.6. The van der Waals surface area contributed by atoms with Gasteiger partial charge in [0.05, 0.1) is 5.69 Å². The molecule has 2 heteroatoms. The predicted molar refractivity (Wildman–Crippen MR) is 77.7 cm³/mol. The summed E-state index contributed by atoms with van der Waals surface area (Å²) in [5, 5.41) is 3.51. The highest BCUT2D eigenvalue weighted by molar-refractivity contribution is 5.75. The minimum Gasteiger partial charge on any atom is -0.384 e. The fraction of sp³-hybridized carbons (Fsp3) is 0.312. The van der Waals surface area contributed by atoms with E-state index in [1.807, 2.05) is 24.4 Å². The Labute approximate surface area is 109 Å². The molecule has 0 aliphatic carbocycles. The fourth-order valence-corrected chi connectivity index (χ4v) is 1.98. The third-order valence-corrected chi connectivity index (χ3v) is 2.96. The minimum atomic E-state index is 1.02. The summed E-state index contributed by atoms with van der Waals surface area (Å²) in [5.74, 6) is 0. The first-order valence-corrected chi connectivity index (χ1v) is 6.66. The molecule has 0 atom stereocenters. The van der Waals surface area contributed by atoms with Gasteiger partial charge in [0.25, 0.3) is 0 Å². The van der Waals surface area contributed by atoms with Crippen LogP contribution in [0.4, 0.5) is 5.69 Å². The summed E-state index contributed by atoms with van der Waals surface area (Å²) in [4.78, 5) is 4.41. The molecule has 94 valence electrons. The smallest absolute Gasteiger partial charge is 0.0722 e. The van der Waals surface area contributed by atoms with Crippen molar-refractivity contribution in [1.82, 2.24) is 4.98 Å². The number of nitrogens with zero attached hydrogens (tertiary/aromatic N) is 1. The highest BCUT2D eigenvalue weighted by atomic mass is 14.9. The van der Waals surface area contributed by atoms with Gasteiger partial charge >= 0.3 is 0 Å². The number of hydrogen-bond donors (Lipinski definition) is 1. The van der Waals surface area contributed by atoms with Crippen molar-refractivity contribution in [3.05, 3.63) is 48.7 Å². The van der Waals surface area contributed by atoms with E-state index in [0.717, 1.165) is 12.2 Å². The minimum absolute atomic E-state index is 1.02. The van der Waals surface area contributed by atoms with E-state index in [9.17, 15) is 0 Å². The number of hydrogen-bond acceptors (Lipinski definition) is 2. The van der Waals surface area contributed by atoms with E-state index in [0.29, 0.717) is 0 Å². The lowest BCUT2D eigenvalue weighted by atomic mass is 10.1. The number of anilines is 1. The Kier molecular flexibility index (Phi) is 4.77. The Balaban J connectivity index is 2.11. The average Bonchev–Trinajstić information content (AvgIpc) is 2.45. The molecule has 0 unspecified atom stereocenters. The van der Waals surface area contributed by atoms with Crippen molar-refractivity contribution in [2.24, 2.45) is 0 Å². The van der Waals surface area contributed by atoms with Crippen LogP contribution < -0.4 is 5.32 Å². The summed E-state index contributed by atoms with van der Waals surface area (Å²) in [5.41, 5.74) is 3.37. The molecular weight excluding hydrogens is 220 g/mol. The highest BCUT2D eigenvalue weighted by Crippen LogP contribution is 2.25. The molecule has 1 heterocycles. The van der Waals surface area contributed by atoms with E-state index >= 15 is 0 Å². The summed E-state index contributed by atoms with van der Waals surface area (Å²) in [6.07, 6.45) is 5.58. The first-order chi connectivity index (χ1) is 8.92. The lowest BCUT2D eigenvalue weighted by molar-refractivity contribution is 0.744. The summed E-state index contributed by atoms with van der Waals surface area (Å²) >= 11 is 0. The van der Waals surface area contributed by atoms with Gasteiger partial charge in [-0.2, -0.15) is 0 Å². The van der Waals surface area contributed by atoms with E-state index in [1.54, 1.807) is 0 Å². The van der Waals surface area contributed by atoms with Crippen molar-refractivity contribution in [3.8, 4) is 11.3 Å². The van der Waals surface area contributed by atoms with Crippen LogP contribution >= 0.6 is 0 Å². The second-order valence-corrected chi connectivity index (χ2v) is 4.39. The normalized spacial score (nSPS) is 10.3. The van der Waals surface area contributed by atoms with Gasteiger partial charge in [-0.25, -0.2) is 0 Å². The van der Waals surface area contributed by atoms with Crippen LogP contribution in [0.2, 0.25) is 0 Å². The molecule has 2 aromatic rings. The molecule has 1 aromatic carbocycles. The number of para-hydroxylation sites is 1. The second kappa shape index (κ2) is 6.80. The first-order valence-electron chi connectivity index (χ1n) is 6.66. The SMILES string of the molecule is CCCCCNc1ccccc1-c1ccccn1. The maximum Gasteiger partial charge on any atom is 0.0722 e. The third-order valence-electron chi connectivity index (χ3n) is 2.96. The van der Waals surface area contributed by atoms with Gasteiger partial charge in [0.15, 0.2) is 0 Å². The van der Waals surface area contributed by atoms with Gasteiger partial charge in [-0.1, -0.05) is 44.0 Å². The molecule has 0 aliphatic rings. The topological polar surface area (TPSA) is 24.9 Å². The quantitative estimate of drug-likeness (QED) is 0.759. The van der Waals surface area contributed by atoms with Crippen LogP contribution in [-0.2, 0) is 0 Å². The van der Waals surface area contributed by atoms with Crippen LogP contribution in [0.3, 0.4) is 0 Å². The Hall–Kier alpha value is -1.83. The van der Waals surface area contributed by atoms with Crippen molar-refractivity contribution in [1.29, 1.82) is 0 Å². The summed E-state index contributed by atoms with van der Waals surface area (Å²) in [6.45, 7) is 3.25. The third kappa shape index (κ3) is 3.33. The summed E-state index contributed by atoms with van der Waals surface area (Å²) < 4.78 is 0. The summed E-state index contributed by atoms with van der Waals surface area (Å²) in [6, 6.07) is 14.4. The maximum absolute atomic E-state index is 4.41. The predicted octanol–water partition coefficient (Wildman–Crippen LogP) is 4.35. The monoisotopic (exact) mass is 240 g/mol. The number of pyridine rings is 1. The highest BCUT2D eigenvalue weighted by Gasteiger charge is 2.04. The average molecular weight is 240 g/mol. The Morgan fingerprint density at radius 2 is 1.83 bits per heavy atom. The molecule has 0 radical (unpaired) electrons. The molecule has 1 N–H and O–H groups in total. The van der Waals surface area contributed by atoms with Crippen LogP contribution in [0.15, 0.2) is 48.7 Å². The molecule has 0 saturated carbocycles. The number of unbranched alkanes of at least 4 members (excludes halogenated alkanes) is 2. The van der Waals surface area contributed by atoms with Crippen molar-refractivity contribution in [2.75, 3.05) is 11.9 Å². The van der Waals surface area contributed by atoms with Gasteiger partial charge < -0.3 is 5.32 Å². The molecule has 0 aliphatic heterocycles. The zero-order valence-corrected chi connectivity index (χ0v) is 10.9. The van der Waals surface area contributed by atoms with Crippen molar-refractivity contribution in [2.45, 2.75) is 26.2 Å². The number of aromatic nitrogens is 1. The van der Waals surface area contributed by atoms with Crippen molar-refractivity contribution in [3.63, 3.8) is 0 Å². The lowest BCUT2D eigenvalue weighted by Crippen LogP contribution is -2.02. The van der Waals surface area contributed by atoms with E-state index < -0.39 is 0 Å².